The Morgan fingerprint density at radius 1 is 1.35 bits per heavy atom. The standard InChI is InChI=1S/C16H24N2O2/c1-4-13-20-15-10-8-7-9-14(15)16(19)17-11-12-18(5-2)6-3/h4,7-10H,1,5-6,11-13H2,2-3H3,(H,17,19). The van der Waals surface area contributed by atoms with Crippen LogP contribution in [0.5, 0.6) is 5.75 Å². The van der Waals surface area contributed by atoms with Crippen molar-refractivity contribution in [3.8, 4) is 5.75 Å². The second kappa shape index (κ2) is 9.15. The van der Waals surface area contributed by atoms with E-state index in [-0.39, 0.29) is 5.91 Å². The number of hydrogen-bond acceptors (Lipinski definition) is 3. The zero-order valence-corrected chi connectivity index (χ0v) is 12.4. The number of nitrogens with zero attached hydrogens (tertiary/aromatic N) is 1. The lowest BCUT2D eigenvalue weighted by molar-refractivity contribution is 0.0945. The van der Waals surface area contributed by atoms with Crippen LogP contribution in [-0.4, -0.2) is 43.6 Å². The van der Waals surface area contributed by atoms with Crippen molar-refractivity contribution in [3.63, 3.8) is 0 Å². The third-order valence-corrected chi connectivity index (χ3v) is 3.10. The van der Waals surface area contributed by atoms with Crippen molar-refractivity contribution in [2.24, 2.45) is 0 Å². The Hall–Kier alpha value is -1.81. The molecule has 0 atom stereocenters. The number of hydrogen-bond donors (Lipinski definition) is 1. The van der Waals surface area contributed by atoms with Gasteiger partial charge in [-0.1, -0.05) is 38.6 Å². The van der Waals surface area contributed by atoms with Crippen molar-refractivity contribution in [1.29, 1.82) is 0 Å². The molecule has 1 N–H and O–H groups in total. The SMILES string of the molecule is C=CCOc1ccccc1C(=O)NCCN(CC)CC. The largest absolute Gasteiger partial charge is 0.489 e. The number of carbonyl (C=O) groups is 1. The minimum absolute atomic E-state index is 0.100. The molecular formula is C16H24N2O2. The molecule has 20 heavy (non-hydrogen) atoms. The van der Waals surface area contributed by atoms with Crippen LogP contribution in [0, 0.1) is 0 Å². The van der Waals surface area contributed by atoms with Gasteiger partial charge in [-0.15, -0.1) is 0 Å². The van der Waals surface area contributed by atoms with E-state index in [0.29, 0.717) is 24.5 Å². The fraction of sp³-hybridized carbons (Fsp3) is 0.438. The van der Waals surface area contributed by atoms with Gasteiger partial charge in [0.2, 0.25) is 0 Å². The highest BCUT2D eigenvalue weighted by Gasteiger charge is 2.11. The number of benzene rings is 1. The lowest BCUT2D eigenvalue weighted by Gasteiger charge is -2.18. The van der Waals surface area contributed by atoms with Crippen molar-refractivity contribution in [1.82, 2.24) is 10.2 Å². The molecule has 4 heteroatoms. The molecule has 1 aromatic rings. The maximum atomic E-state index is 12.2. The fourth-order valence-electron chi connectivity index (χ4n) is 1.89. The number of nitrogens with one attached hydrogen (secondary N) is 1. The summed E-state index contributed by atoms with van der Waals surface area (Å²) in [6.07, 6.45) is 1.66. The fourth-order valence-corrected chi connectivity index (χ4v) is 1.89. The third kappa shape index (κ3) is 5.05. The van der Waals surface area contributed by atoms with E-state index in [2.05, 4.69) is 30.6 Å². The molecule has 0 saturated carbocycles. The normalized spacial score (nSPS) is 10.3. The number of ether oxygens (including phenoxy) is 1. The highest BCUT2D eigenvalue weighted by Crippen LogP contribution is 2.17. The molecule has 0 radical (unpaired) electrons. The molecule has 0 aromatic heterocycles. The van der Waals surface area contributed by atoms with Crippen molar-refractivity contribution in [2.45, 2.75) is 13.8 Å². The molecule has 0 saturated heterocycles. The molecule has 0 fully saturated rings. The summed E-state index contributed by atoms with van der Waals surface area (Å²) in [6.45, 7) is 11.7. The van der Waals surface area contributed by atoms with Gasteiger partial charge < -0.3 is 15.0 Å². The minimum Gasteiger partial charge on any atom is -0.489 e. The van der Waals surface area contributed by atoms with Crippen molar-refractivity contribution < 1.29 is 9.53 Å². The van der Waals surface area contributed by atoms with Gasteiger partial charge in [-0.2, -0.15) is 0 Å². The summed E-state index contributed by atoms with van der Waals surface area (Å²) >= 11 is 0. The molecule has 0 bridgehead atoms. The summed E-state index contributed by atoms with van der Waals surface area (Å²) in [5, 5.41) is 2.93. The van der Waals surface area contributed by atoms with Gasteiger partial charge in [0.25, 0.3) is 5.91 Å². The number of rotatable bonds is 9. The van der Waals surface area contributed by atoms with Crippen LogP contribution in [0.25, 0.3) is 0 Å². The van der Waals surface area contributed by atoms with E-state index in [9.17, 15) is 4.79 Å². The first-order valence-corrected chi connectivity index (χ1v) is 7.06. The minimum atomic E-state index is -0.100. The van der Waals surface area contributed by atoms with Crippen molar-refractivity contribution >= 4 is 5.91 Å². The lowest BCUT2D eigenvalue weighted by atomic mass is 10.2. The van der Waals surface area contributed by atoms with Gasteiger partial charge in [0.15, 0.2) is 0 Å². The molecule has 0 aliphatic rings. The number of likely N-dealkylation sites (N-methyl/N-ethyl adjacent to an activating group) is 1. The zero-order valence-electron chi connectivity index (χ0n) is 12.4. The van der Waals surface area contributed by atoms with Gasteiger partial charge in [0, 0.05) is 13.1 Å². The summed E-state index contributed by atoms with van der Waals surface area (Å²) in [7, 11) is 0. The van der Waals surface area contributed by atoms with Crippen LogP contribution < -0.4 is 10.1 Å². The predicted molar refractivity (Wildman–Crippen MR) is 82.3 cm³/mol. The average Bonchev–Trinajstić information content (AvgIpc) is 2.49. The molecule has 0 heterocycles. The van der Waals surface area contributed by atoms with Gasteiger partial charge in [-0.25, -0.2) is 0 Å². The highest BCUT2D eigenvalue weighted by atomic mass is 16.5. The molecule has 1 amide bonds. The first kappa shape index (κ1) is 16.2. The Balaban J connectivity index is 2.56. The Labute approximate surface area is 121 Å². The molecule has 0 aliphatic carbocycles. The Bertz CT molecular complexity index is 428. The average molecular weight is 276 g/mol. The van der Waals surface area contributed by atoms with E-state index < -0.39 is 0 Å². The molecule has 1 aromatic carbocycles. The topological polar surface area (TPSA) is 41.6 Å². The smallest absolute Gasteiger partial charge is 0.255 e. The van der Waals surface area contributed by atoms with Crippen molar-refractivity contribution in [2.75, 3.05) is 32.8 Å². The van der Waals surface area contributed by atoms with E-state index in [1.807, 2.05) is 12.1 Å². The second-order valence-electron chi connectivity index (χ2n) is 4.38. The van der Waals surface area contributed by atoms with Crippen molar-refractivity contribution in [3.05, 3.63) is 42.5 Å². The Kier molecular flexibility index (Phi) is 7.43. The van der Waals surface area contributed by atoms with Crippen LogP contribution >= 0.6 is 0 Å². The summed E-state index contributed by atoms with van der Waals surface area (Å²) < 4.78 is 5.49. The monoisotopic (exact) mass is 276 g/mol. The quantitative estimate of drug-likeness (QED) is 0.704. The van der Waals surface area contributed by atoms with Crippen LogP contribution in [0.4, 0.5) is 0 Å². The first-order chi connectivity index (χ1) is 9.72. The highest BCUT2D eigenvalue weighted by molar-refractivity contribution is 5.96. The van der Waals surface area contributed by atoms with E-state index >= 15 is 0 Å². The zero-order chi connectivity index (χ0) is 14.8. The molecule has 0 aliphatic heterocycles. The van der Waals surface area contributed by atoms with Crippen LogP contribution in [0.15, 0.2) is 36.9 Å². The maximum absolute atomic E-state index is 12.2. The summed E-state index contributed by atoms with van der Waals surface area (Å²) in [4.78, 5) is 14.4. The van der Waals surface area contributed by atoms with Gasteiger partial charge in [0.05, 0.1) is 5.56 Å². The molecule has 110 valence electrons. The van der Waals surface area contributed by atoms with Gasteiger partial charge in [-0.05, 0) is 25.2 Å². The molecule has 0 spiro atoms. The van der Waals surface area contributed by atoms with Crippen LogP contribution in [-0.2, 0) is 0 Å². The van der Waals surface area contributed by atoms with Crippen LogP contribution in [0.3, 0.4) is 0 Å². The van der Waals surface area contributed by atoms with E-state index in [1.54, 1.807) is 18.2 Å². The lowest BCUT2D eigenvalue weighted by Crippen LogP contribution is -2.34. The van der Waals surface area contributed by atoms with E-state index in [0.717, 1.165) is 19.6 Å². The van der Waals surface area contributed by atoms with Crippen LogP contribution in [0.2, 0.25) is 0 Å². The van der Waals surface area contributed by atoms with Gasteiger partial charge in [0.1, 0.15) is 12.4 Å². The molecule has 1 rings (SSSR count). The molecular weight excluding hydrogens is 252 g/mol. The number of para-hydroxylation sites is 1. The summed E-state index contributed by atoms with van der Waals surface area (Å²) in [6, 6.07) is 7.25. The Morgan fingerprint density at radius 2 is 2.05 bits per heavy atom. The number of carbonyl (C=O) groups excluding carboxylic acids is 1. The summed E-state index contributed by atoms with van der Waals surface area (Å²) in [5.41, 5.74) is 0.564. The third-order valence-electron chi connectivity index (χ3n) is 3.10. The van der Waals surface area contributed by atoms with Gasteiger partial charge in [-0.3, -0.25) is 4.79 Å². The van der Waals surface area contributed by atoms with E-state index in [4.69, 9.17) is 4.74 Å². The molecule has 4 nitrogen and oxygen atoms in total. The first-order valence-electron chi connectivity index (χ1n) is 7.06. The van der Waals surface area contributed by atoms with Gasteiger partial charge >= 0.3 is 0 Å². The Morgan fingerprint density at radius 3 is 2.70 bits per heavy atom. The summed E-state index contributed by atoms with van der Waals surface area (Å²) in [5.74, 6) is 0.490. The maximum Gasteiger partial charge on any atom is 0.255 e. The second-order valence-corrected chi connectivity index (χ2v) is 4.38. The predicted octanol–water partition coefficient (Wildman–Crippen LogP) is 2.32. The molecule has 0 unspecified atom stereocenters. The van der Waals surface area contributed by atoms with E-state index in [1.165, 1.54) is 0 Å². The van der Waals surface area contributed by atoms with Crippen LogP contribution in [0.1, 0.15) is 24.2 Å². The number of amides is 1.